The summed E-state index contributed by atoms with van der Waals surface area (Å²) >= 11 is 0. The third-order valence-corrected chi connectivity index (χ3v) is 5.08. The third kappa shape index (κ3) is 4.12. The summed E-state index contributed by atoms with van der Waals surface area (Å²) < 4.78 is 13.5. The Balaban J connectivity index is 1.58. The summed E-state index contributed by atoms with van der Waals surface area (Å²) in [6, 6.07) is 6.52. The molecule has 2 aliphatic heterocycles. The van der Waals surface area contributed by atoms with Crippen LogP contribution < -0.4 is 0 Å². The highest BCUT2D eigenvalue weighted by molar-refractivity contribution is 5.76. The molecular weight excluding hydrogens is 309 g/mol. The number of hydrogen-bond donors (Lipinski definition) is 1. The minimum atomic E-state index is -0.419. The molecule has 2 atom stereocenters. The molecule has 0 aliphatic carbocycles. The van der Waals surface area contributed by atoms with E-state index in [1.54, 1.807) is 6.07 Å². The number of benzene rings is 1. The van der Waals surface area contributed by atoms with Crippen LogP contribution >= 0.6 is 0 Å². The second kappa shape index (κ2) is 7.59. The number of amides is 1. The normalized spacial score (nSPS) is 26.0. The molecule has 2 aliphatic rings. The van der Waals surface area contributed by atoms with Gasteiger partial charge in [-0.05, 0) is 31.2 Å². The summed E-state index contributed by atoms with van der Waals surface area (Å²) in [5, 5.41) is 10.0. The lowest BCUT2D eigenvalue weighted by Crippen LogP contribution is -2.47. The molecular formula is C18H26FN3O2. The number of aliphatic hydroxyl groups is 1. The van der Waals surface area contributed by atoms with Crippen LogP contribution in [0.5, 0.6) is 0 Å². The van der Waals surface area contributed by atoms with Crippen molar-refractivity contribution in [3.63, 3.8) is 0 Å². The van der Waals surface area contributed by atoms with Crippen molar-refractivity contribution in [2.75, 3.05) is 46.3 Å². The van der Waals surface area contributed by atoms with Crippen molar-refractivity contribution in [3.05, 3.63) is 35.6 Å². The van der Waals surface area contributed by atoms with Gasteiger partial charge in [-0.15, -0.1) is 0 Å². The van der Waals surface area contributed by atoms with Crippen LogP contribution in [0.2, 0.25) is 0 Å². The van der Waals surface area contributed by atoms with Crippen LogP contribution in [0.1, 0.15) is 24.4 Å². The first-order valence-corrected chi connectivity index (χ1v) is 8.67. The highest BCUT2D eigenvalue weighted by Crippen LogP contribution is 2.32. The van der Waals surface area contributed by atoms with Gasteiger partial charge in [-0.3, -0.25) is 9.69 Å². The molecule has 2 heterocycles. The first-order chi connectivity index (χ1) is 11.5. The van der Waals surface area contributed by atoms with Gasteiger partial charge in [-0.2, -0.15) is 0 Å². The summed E-state index contributed by atoms with van der Waals surface area (Å²) in [7, 11) is 2.07. The minimum Gasteiger partial charge on any atom is -0.392 e. The Morgan fingerprint density at radius 2 is 2.04 bits per heavy atom. The van der Waals surface area contributed by atoms with E-state index >= 15 is 0 Å². The zero-order valence-corrected chi connectivity index (χ0v) is 14.2. The van der Waals surface area contributed by atoms with E-state index in [1.165, 1.54) is 12.1 Å². The van der Waals surface area contributed by atoms with Crippen molar-refractivity contribution in [1.29, 1.82) is 0 Å². The quantitative estimate of drug-likeness (QED) is 0.895. The Morgan fingerprint density at radius 3 is 2.75 bits per heavy atom. The Hall–Kier alpha value is -1.50. The predicted octanol–water partition coefficient (Wildman–Crippen LogP) is 1.10. The lowest BCUT2D eigenvalue weighted by Gasteiger charge is -2.33. The van der Waals surface area contributed by atoms with E-state index in [1.807, 2.05) is 11.0 Å². The van der Waals surface area contributed by atoms with Gasteiger partial charge in [-0.25, -0.2) is 4.39 Å². The van der Waals surface area contributed by atoms with Gasteiger partial charge in [0.1, 0.15) is 5.82 Å². The molecule has 3 rings (SSSR count). The van der Waals surface area contributed by atoms with Gasteiger partial charge in [0.05, 0.1) is 6.10 Å². The Labute approximate surface area is 142 Å². The van der Waals surface area contributed by atoms with Gasteiger partial charge < -0.3 is 14.9 Å². The molecule has 0 radical (unpaired) electrons. The molecule has 2 fully saturated rings. The molecule has 1 N–H and O–H groups in total. The Morgan fingerprint density at radius 1 is 1.29 bits per heavy atom. The molecule has 0 unspecified atom stereocenters. The standard InChI is InChI=1S/C18H26FN3O2/c1-20-7-9-21(10-8-20)18(24)5-6-22-13-16(23)12-17(22)14-3-2-4-15(19)11-14/h2-4,11,16-17,23H,5-10,12-13H2,1H3/t16-,17-/m0/s1. The maximum Gasteiger partial charge on any atom is 0.223 e. The van der Waals surface area contributed by atoms with E-state index in [0.29, 0.717) is 25.9 Å². The number of β-amino-alcohol motifs (C(OH)–C–C–N with tert-alkyl or cyclic N) is 1. The number of likely N-dealkylation sites (tertiary alicyclic amines) is 1. The van der Waals surface area contributed by atoms with E-state index < -0.39 is 6.10 Å². The lowest BCUT2D eigenvalue weighted by atomic mass is 10.0. The fraction of sp³-hybridized carbons (Fsp3) is 0.611. The molecule has 6 heteroatoms. The van der Waals surface area contributed by atoms with E-state index in [4.69, 9.17) is 0 Å². The maximum atomic E-state index is 13.5. The molecule has 24 heavy (non-hydrogen) atoms. The van der Waals surface area contributed by atoms with Crippen LogP contribution in [0.4, 0.5) is 4.39 Å². The monoisotopic (exact) mass is 335 g/mol. The highest BCUT2D eigenvalue weighted by Gasteiger charge is 2.32. The zero-order valence-electron chi connectivity index (χ0n) is 14.2. The average Bonchev–Trinajstić information content (AvgIpc) is 2.94. The second-order valence-electron chi connectivity index (χ2n) is 6.89. The second-order valence-corrected chi connectivity index (χ2v) is 6.89. The van der Waals surface area contributed by atoms with Crippen molar-refractivity contribution in [1.82, 2.24) is 14.7 Å². The fourth-order valence-corrected chi connectivity index (χ4v) is 3.64. The van der Waals surface area contributed by atoms with Gasteiger partial charge in [0, 0.05) is 51.7 Å². The number of hydrogen-bond acceptors (Lipinski definition) is 4. The van der Waals surface area contributed by atoms with Gasteiger partial charge >= 0.3 is 0 Å². The molecule has 1 aromatic rings. The summed E-state index contributed by atoms with van der Waals surface area (Å²) in [5.74, 6) is -0.0927. The van der Waals surface area contributed by atoms with Crippen LogP contribution in [0, 0.1) is 5.82 Å². The maximum absolute atomic E-state index is 13.5. The summed E-state index contributed by atoms with van der Waals surface area (Å²) in [6.45, 7) is 4.54. The molecule has 0 saturated carbocycles. The van der Waals surface area contributed by atoms with Crippen LogP contribution in [0.15, 0.2) is 24.3 Å². The van der Waals surface area contributed by atoms with Crippen LogP contribution in [-0.4, -0.2) is 78.1 Å². The summed E-state index contributed by atoms with van der Waals surface area (Å²) in [5.41, 5.74) is 0.874. The van der Waals surface area contributed by atoms with Crippen molar-refractivity contribution < 1.29 is 14.3 Å². The SMILES string of the molecule is CN1CCN(C(=O)CCN2C[C@@H](O)C[C@H]2c2cccc(F)c2)CC1. The Kier molecular flexibility index (Phi) is 5.48. The van der Waals surface area contributed by atoms with Crippen LogP contribution in [0.25, 0.3) is 0 Å². The number of piperazine rings is 1. The number of rotatable bonds is 4. The number of likely N-dealkylation sites (N-methyl/N-ethyl adjacent to an activating group) is 1. The summed E-state index contributed by atoms with van der Waals surface area (Å²) in [4.78, 5) is 18.6. The van der Waals surface area contributed by atoms with Crippen molar-refractivity contribution >= 4 is 5.91 Å². The van der Waals surface area contributed by atoms with Gasteiger partial charge in [0.2, 0.25) is 5.91 Å². The molecule has 1 aromatic carbocycles. The van der Waals surface area contributed by atoms with Crippen molar-refractivity contribution in [2.24, 2.45) is 0 Å². The Bertz CT molecular complexity index is 575. The van der Waals surface area contributed by atoms with Crippen LogP contribution in [-0.2, 0) is 4.79 Å². The number of halogens is 1. The average molecular weight is 335 g/mol. The smallest absolute Gasteiger partial charge is 0.223 e. The van der Waals surface area contributed by atoms with Crippen molar-refractivity contribution in [2.45, 2.75) is 25.0 Å². The lowest BCUT2D eigenvalue weighted by molar-refractivity contribution is -0.133. The molecule has 5 nitrogen and oxygen atoms in total. The molecule has 0 aromatic heterocycles. The first-order valence-electron chi connectivity index (χ1n) is 8.67. The molecule has 132 valence electrons. The van der Waals surface area contributed by atoms with E-state index in [-0.39, 0.29) is 17.8 Å². The number of carbonyl (C=O) groups excluding carboxylic acids is 1. The predicted molar refractivity (Wildman–Crippen MR) is 90.0 cm³/mol. The van der Waals surface area contributed by atoms with E-state index in [2.05, 4.69) is 16.8 Å². The molecule has 2 saturated heterocycles. The first kappa shape index (κ1) is 17.3. The molecule has 1 amide bonds. The van der Waals surface area contributed by atoms with Gasteiger partial charge in [0.15, 0.2) is 0 Å². The fourth-order valence-electron chi connectivity index (χ4n) is 3.64. The van der Waals surface area contributed by atoms with Crippen molar-refractivity contribution in [3.8, 4) is 0 Å². The summed E-state index contributed by atoms with van der Waals surface area (Å²) in [6.07, 6.45) is 0.617. The van der Waals surface area contributed by atoms with Crippen LogP contribution in [0.3, 0.4) is 0 Å². The zero-order chi connectivity index (χ0) is 17.1. The number of carbonyl (C=O) groups is 1. The van der Waals surface area contributed by atoms with Gasteiger partial charge in [-0.1, -0.05) is 12.1 Å². The van der Waals surface area contributed by atoms with E-state index in [9.17, 15) is 14.3 Å². The third-order valence-electron chi connectivity index (χ3n) is 5.08. The molecule has 0 bridgehead atoms. The number of aliphatic hydroxyl groups excluding tert-OH is 1. The van der Waals surface area contributed by atoms with E-state index in [0.717, 1.165) is 31.7 Å². The topological polar surface area (TPSA) is 47.0 Å². The largest absolute Gasteiger partial charge is 0.392 e. The molecule has 0 spiro atoms. The minimum absolute atomic E-state index is 0.0176. The number of nitrogens with zero attached hydrogens (tertiary/aromatic N) is 3. The van der Waals surface area contributed by atoms with Gasteiger partial charge in [0.25, 0.3) is 0 Å². The highest BCUT2D eigenvalue weighted by atomic mass is 19.1.